The summed E-state index contributed by atoms with van der Waals surface area (Å²) in [4.78, 5) is 22.2. The molecule has 0 aromatic carbocycles. The molecule has 2 aromatic heterocycles. The summed E-state index contributed by atoms with van der Waals surface area (Å²) in [6, 6.07) is 3.84. The SMILES string of the molecule is O=C(c1c[nH]c2ncccc12)N1CC[C@@H]2CNC[C@@H]2CC1. The van der Waals surface area contributed by atoms with Crippen LogP contribution in [0.25, 0.3) is 11.0 Å². The molecular weight excluding hydrogens is 264 g/mol. The molecule has 2 atom stereocenters. The third-order valence-electron chi connectivity index (χ3n) is 4.99. The highest BCUT2D eigenvalue weighted by molar-refractivity contribution is 6.05. The zero-order valence-electron chi connectivity index (χ0n) is 12.0. The Balaban J connectivity index is 1.57. The van der Waals surface area contributed by atoms with Crippen molar-refractivity contribution in [2.24, 2.45) is 11.8 Å². The van der Waals surface area contributed by atoms with E-state index in [9.17, 15) is 4.79 Å². The lowest BCUT2D eigenvalue weighted by atomic mass is 9.92. The molecular formula is C16H20N4O. The van der Waals surface area contributed by atoms with E-state index in [0.29, 0.717) is 0 Å². The number of pyridine rings is 1. The van der Waals surface area contributed by atoms with Crippen molar-refractivity contribution in [3.63, 3.8) is 0 Å². The minimum atomic E-state index is 0.141. The molecule has 0 unspecified atom stereocenters. The summed E-state index contributed by atoms with van der Waals surface area (Å²) in [5, 5.41) is 4.40. The number of hydrogen-bond acceptors (Lipinski definition) is 3. The third-order valence-corrected chi connectivity index (χ3v) is 4.99. The van der Waals surface area contributed by atoms with Crippen LogP contribution in [0.4, 0.5) is 0 Å². The Morgan fingerprint density at radius 2 is 2.00 bits per heavy atom. The first-order valence-electron chi connectivity index (χ1n) is 7.75. The molecule has 1 amide bonds. The fourth-order valence-corrected chi connectivity index (χ4v) is 3.72. The Hall–Kier alpha value is -1.88. The molecule has 0 bridgehead atoms. The Kier molecular flexibility index (Phi) is 3.15. The number of carbonyl (C=O) groups is 1. The van der Waals surface area contributed by atoms with Gasteiger partial charge in [0.15, 0.2) is 0 Å². The average Bonchev–Trinajstić information content (AvgIpc) is 3.09. The number of nitrogens with zero attached hydrogens (tertiary/aromatic N) is 2. The van der Waals surface area contributed by atoms with E-state index in [1.165, 1.54) is 0 Å². The fourth-order valence-electron chi connectivity index (χ4n) is 3.72. The highest BCUT2D eigenvalue weighted by Crippen LogP contribution is 2.28. The molecule has 0 radical (unpaired) electrons. The van der Waals surface area contributed by atoms with Gasteiger partial charge in [0.2, 0.25) is 0 Å². The normalized spacial score (nSPS) is 25.8. The third kappa shape index (κ3) is 2.21. The standard InChI is InChI=1S/C16H20N4O/c21-16(14-10-19-15-13(14)2-1-5-18-15)20-6-3-11-8-17-9-12(11)4-7-20/h1-2,5,10-12,17H,3-4,6-9H2,(H,18,19)/t11-,12+. The van der Waals surface area contributed by atoms with Crippen LogP contribution in [-0.2, 0) is 0 Å². The fraction of sp³-hybridized carbons (Fsp3) is 0.500. The molecule has 21 heavy (non-hydrogen) atoms. The number of aromatic amines is 1. The van der Waals surface area contributed by atoms with Gasteiger partial charge in [-0.3, -0.25) is 4.79 Å². The van der Waals surface area contributed by atoms with E-state index in [-0.39, 0.29) is 5.91 Å². The summed E-state index contributed by atoms with van der Waals surface area (Å²) < 4.78 is 0. The zero-order valence-corrected chi connectivity index (χ0v) is 12.0. The minimum Gasteiger partial charge on any atom is -0.345 e. The topological polar surface area (TPSA) is 61.0 Å². The lowest BCUT2D eigenvalue weighted by Crippen LogP contribution is -2.32. The molecule has 2 fully saturated rings. The number of amides is 1. The summed E-state index contributed by atoms with van der Waals surface area (Å²) in [5.74, 6) is 1.63. The highest BCUT2D eigenvalue weighted by Gasteiger charge is 2.32. The number of fused-ring (bicyclic) bond motifs is 2. The quantitative estimate of drug-likeness (QED) is 0.837. The Labute approximate surface area is 123 Å². The smallest absolute Gasteiger partial charge is 0.256 e. The van der Waals surface area contributed by atoms with Crippen LogP contribution in [0.2, 0.25) is 0 Å². The second-order valence-corrected chi connectivity index (χ2v) is 6.15. The van der Waals surface area contributed by atoms with Gasteiger partial charge in [0.1, 0.15) is 5.65 Å². The summed E-state index contributed by atoms with van der Waals surface area (Å²) in [6.45, 7) is 3.97. The average molecular weight is 284 g/mol. The molecule has 0 spiro atoms. The van der Waals surface area contributed by atoms with E-state index in [1.54, 1.807) is 12.4 Å². The van der Waals surface area contributed by atoms with Crippen molar-refractivity contribution in [3.8, 4) is 0 Å². The number of carbonyl (C=O) groups excluding carboxylic acids is 1. The molecule has 2 saturated heterocycles. The molecule has 5 heteroatoms. The molecule has 5 nitrogen and oxygen atoms in total. The first-order valence-corrected chi connectivity index (χ1v) is 7.75. The first-order chi connectivity index (χ1) is 10.3. The van der Waals surface area contributed by atoms with E-state index >= 15 is 0 Å². The van der Waals surface area contributed by atoms with Gasteiger partial charge in [-0.05, 0) is 49.9 Å². The Morgan fingerprint density at radius 3 is 2.76 bits per heavy atom. The van der Waals surface area contributed by atoms with Crippen LogP contribution in [0, 0.1) is 11.8 Å². The number of likely N-dealkylation sites (tertiary alicyclic amines) is 1. The van der Waals surface area contributed by atoms with Crippen LogP contribution in [0.15, 0.2) is 24.5 Å². The van der Waals surface area contributed by atoms with Gasteiger partial charge in [-0.15, -0.1) is 0 Å². The van der Waals surface area contributed by atoms with Crippen molar-refractivity contribution >= 4 is 16.9 Å². The Bertz CT molecular complexity index is 651. The van der Waals surface area contributed by atoms with Gasteiger partial charge in [-0.1, -0.05) is 0 Å². The van der Waals surface area contributed by atoms with Crippen molar-refractivity contribution in [3.05, 3.63) is 30.1 Å². The number of nitrogens with one attached hydrogen (secondary N) is 2. The van der Waals surface area contributed by atoms with Crippen LogP contribution in [0.1, 0.15) is 23.2 Å². The largest absolute Gasteiger partial charge is 0.345 e. The molecule has 2 N–H and O–H groups in total. The van der Waals surface area contributed by atoms with Gasteiger partial charge in [-0.25, -0.2) is 4.98 Å². The molecule has 2 aliphatic heterocycles. The van der Waals surface area contributed by atoms with Gasteiger partial charge in [-0.2, -0.15) is 0 Å². The van der Waals surface area contributed by atoms with E-state index < -0.39 is 0 Å². The number of H-pyrrole nitrogens is 1. The maximum absolute atomic E-state index is 12.8. The van der Waals surface area contributed by atoms with Gasteiger partial charge >= 0.3 is 0 Å². The first kappa shape index (κ1) is 12.8. The number of hydrogen-bond donors (Lipinski definition) is 2. The van der Waals surface area contributed by atoms with Crippen molar-refractivity contribution in [1.82, 2.24) is 20.2 Å². The van der Waals surface area contributed by atoms with Crippen LogP contribution < -0.4 is 5.32 Å². The van der Waals surface area contributed by atoms with Gasteiger partial charge in [0, 0.05) is 30.9 Å². The van der Waals surface area contributed by atoms with Crippen molar-refractivity contribution in [2.75, 3.05) is 26.2 Å². The van der Waals surface area contributed by atoms with E-state index in [1.807, 2.05) is 17.0 Å². The number of aromatic nitrogens is 2. The molecule has 2 aliphatic rings. The van der Waals surface area contributed by atoms with Crippen LogP contribution in [0.5, 0.6) is 0 Å². The summed E-state index contributed by atoms with van der Waals surface area (Å²) >= 11 is 0. The lowest BCUT2D eigenvalue weighted by Gasteiger charge is -2.20. The van der Waals surface area contributed by atoms with Crippen LogP contribution >= 0.6 is 0 Å². The van der Waals surface area contributed by atoms with E-state index in [4.69, 9.17) is 0 Å². The van der Waals surface area contributed by atoms with E-state index in [0.717, 1.165) is 67.5 Å². The maximum atomic E-state index is 12.8. The van der Waals surface area contributed by atoms with Gasteiger partial charge < -0.3 is 15.2 Å². The molecule has 4 rings (SSSR count). The van der Waals surface area contributed by atoms with Gasteiger partial charge in [0.05, 0.1) is 5.56 Å². The molecule has 4 heterocycles. The summed E-state index contributed by atoms with van der Waals surface area (Å²) in [5.41, 5.74) is 1.54. The van der Waals surface area contributed by atoms with Crippen molar-refractivity contribution in [2.45, 2.75) is 12.8 Å². The van der Waals surface area contributed by atoms with Crippen LogP contribution in [-0.4, -0.2) is 47.0 Å². The molecule has 0 aliphatic carbocycles. The van der Waals surface area contributed by atoms with Crippen LogP contribution in [0.3, 0.4) is 0 Å². The summed E-state index contributed by atoms with van der Waals surface area (Å²) in [6.07, 6.45) is 5.77. The van der Waals surface area contributed by atoms with Crippen molar-refractivity contribution in [1.29, 1.82) is 0 Å². The number of rotatable bonds is 1. The molecule has 0 saturated carbocycles. The van der Waals surface area contributed by atoms with E-state index in [2.05, 4.69) is 15.3 Å². The maximum Gasteiger partial charge on any atom is 0.256 e. The second kappa shape index (κ2) is 5.15. The minimum absolute atomic E-state index is 0.141. The predicted molar refractivity (Wildman–Crippen MR) is 81.1 cm³/mol. The summed E-state index contributed by atoms with van der Waals surface area (Å²) in [7, 11) is 0. The van der Waals surface area contributed by atoms with Crippen molar-refractivity contribution < 1.29 is 4.79 Å². The Morgan fingerprint density at radius 1 is 1.24 bits per heavy atom. The second-order valence-electron chi connectivity index (χ2n) is 6.15. The zero-order chi connectivity index (χ0) is 14.2. The molecule has 2 aromatic rings. The monoisotopic (exact) mass is 284 g/mol. The lowest BCUT2D eigenvalue weighted by molar-refractivity contribution is 0.0760. The van der Waals surface area contributed by atoms with Gasteiger partial charge in [0.25, 0.3) is 5.91 Å². The molecule has 110 valence electrons. The predicted octanol–water partition coefficient (Wildman–Crippen LogP) is 1.63. The highest BCUT2D eigenvalue weighted by atomic mass is 16.2.